The lowest BCUT2D eigenvalue weighted by Crippen LogP contribution is -2.54. The first kappa shape index (κ1) is 52.6. The largest absolute Gasteiger partial charge is 0.393 e. The third-order valence-corrected chi connectivity index (χ3v) is 11.9. The third-order valence-electron chi connectivity index (χ3n) is 9.79. The predicted molar refractivity (Wildman–Crippen MR) is 244 cm³/mol. The van der Waals surface area contributed by atoms with Gasteiger partial charge in [0, 0.05) is 35.5 Å². The normalized spacial score (nSPS) is 14.3. The van der Waals surface area contributed by atoms with Gasteiger partial charge in [0.05, 0.1) is 17.5 Å². The second kappa shape index (κ2) is 25.3. The fraction of sp³-hybridized carbons (Fsp3) is 0.553. The van der Waals surface area contributed by atoms with Crippen molar-refractivity contribution in [3.05, 3.63) is 97.1 Å². The number of fused-ring (bicyclic) bond motifs is 3. The van der Waals surface area contributed by atoms with Gasteiger partial charge < -0.3 is 4.84 Å². The van der Waals surface area contributed by atoms with Crippen LogP contribution in [0.2, 0.25) is 0 Å². The lowest BCUT2D eigenvalue weighted by Gasteiger charge is -2.35. The van der Waals surface area contributed by atoms with Crippen molar-refractivity contribution in [2.24, 2.45) is 22.4 Å². The van der Waals surface area contributed by atoms with Crippen LogP contribution in [0.5, 0.6) is 0 Å². The Morgan fingerprint density at radius 3 is 1.69 bits per heavy atom. The molecule has 1 aromatic heterocycles. The quantitative estimate of drug-likeness (QED) is 0.133. The molecule has 0 spiro atoms. The van der Waals surface area contributed by atoms with Crippen LogP contribution in [0.3, 0.4) is 0 Å². The summed E-state index contributed by atoms with van der Waals surface area (Å²) >= 11 is 0. The van der Waals surface area contributed by atoms with E-state index in [0.29, 0.717) is 5.41 Å². The van der Waals surface area contributed by atoms with Crippen LogP contribution in [0.15, 0.2) is 85.4 Å². The first-order valence-corrected chi connectivity index (χ1v) is 22.2. The summed E-state index contributed by atoms with van der Waals surface area (Å²) in [5.41, 5.74) is 9.16. The number of benzene rings is 2. The van der Waals surface area contributed by atoms with E-state index in [4.69, 9.17) is 4.84 Å². The second-order valence-electron chi connectivity index (χ2n) is 16.9. The molecule has 0 atom stereocenters. The molecule has 0 bridgehead atoms. The van der Waals surface area contributed by atoms with E-state index in [0.717, 1.165) is 61.3 Å². The fourth-order valence-corrected chi connectivity index (χ4v) is 7.19. The van der Waals surface area contributed by atoms with Crippen LogP contribution in [0, 0.1) is 17.3 Å². The number of hydrazine groups is 1. The number of hydrogen-bond acceptors (Lipinski definition) is 8. The van der Waals surface area contributed by atoms with Gasteiger partial charge in [0.1, 0.15) is 17.5 Å². The molecular weight excluding hydrogens is 761 g/mol. The zero-order chi connectivity index (χ0) is 43.6. The molecule has 3 aliphatic carbocycles. The topological polar surface area (TPSA) is 143 Å². The molecule has 328 valence electrons. The Hall–Kier alpha value is -4.42. The van der Waals surface area contributed by atoms with E-state index in [-0.39, 0.29) is 54.3 Å². The van der Waals surface area contributed by atoms with Crippen LogP contribution in [-0.4, -0.2) is 64.4 Å². The Morgan fingerprint density at radius 2 is 1.31 bits per heavy atom. The number of oxime groups is 1. The Morgan fingerprint density at radius 1 is 0.814 bits per heavy atom. The lowest BCUT2D eigenvalue weighted by molar-refractivity contribution is -0.140. The number of hydrogen-bond donors (Lipinski definition) is 2. The van der Waals surface area contributed by atoms with Crippen molar-refractivity contribution in [2.45, 2.75) is 152 Å². The first-order valence-electron chi connectivity index (χ1n) is 20.7. The van der Waals surface area contributed by atoms with Crippen molar-refractivity contribution in [3.8, 4) is 11.1 Å². The Labute approximate surface area is 356 Å². The summed E-state index contributed by atoms with van der Waals surface area (Å²) in [6.07, 6.45) is 11.4. The van der Waals surface area contributed by atoms with E-state index in [2.05, 4.69) is 109 Å². The fourth-order valence-electron chi connectivity index (χ4n) is 5.58. The van der Waals surface area contributed by atoms with Crippen molar-refractivity contribution in [1.29, 1.82) is 0 Å². The highest BCUT2D eigenvalue weighted by Crippen LogP contribution is 2.36. The summed E-state index contributed by atoms with van der Waals surface area (Å²) in [5.74, 6) is 0.198. The van der Waals surface area contributed by atoms with E-state index in [1.807, 2.05) is 53.7 Å². The van der Waals surface area contributed by atoms with Gasteiger partial charge in [-0.15, -0.1) is 13.2 Å². The molecule has 0 radical (unpaired) electrons. The third kappa shape index (κ3) is 17.4. The highest BCUT2D eigenvalue weighted by Gasteiger charge is 2.35. The van der Waals surface area contributed by atoms with Gasteiger partial charge in [0.2, 0.25) is 15.9 Å². The Balaban J connectivity index is 0.000000414. The smallest absolute Gasteiger partial charge is 0.290 e. The molecule has 59 heavy (non-hydrogen) atoms. The monoisotopic (exact) mass is 835 g/mol. The summed E-state index contributed by atoms with van der Waals surface area (Å²) in [4.78, 5) is 37.9. The number of rotatable bonds is 8. The molecule has 11 nitrogen and oxygen atoms in total. The van der Waals surface area contributed by atoms with E-state index in [1.165, 1.54) is 41.1 Å². The van der Waals surface area contributed by atoms with Crippen molar-refractivity contribution < 1.29 is 22.8 Å². The van der Waals surface area contributed by atoms with Gasteiger partial charge in [0.25, 0.3) is 5.91 Å². The lowest BCUT2D eigenvalue weighted by atomic mass is 9.84. The van der Waals surface area contributed by atoms with Gasteiger partial charge >= 0.3 is 0 Å². The summed E-state index contributed by atoms with van der Waals surface area (Å²) in [7, 11) is -2.94. The zero-order valence-corrected chi connectivity index (χ0v) is 37.7. The van der Waals surface area contributed by atoms with Gasteiger partial charge in [0.15, 0.2) is 0 Å². The second-order valence-corrected chi connectivity index (χ2v) is 18.9. The summed E-state index contributed by atoms with van der Waals surface area (Å²) in [6, 6.07) is 16.8. The van der Waals surface area contributed by atoms with Gasteiger partial charge in [-0.05, 0) is 75.8 Å². The Bertz CT molecular complexity index is 1800. The molecule has 12 heteroatoms. The van der Waals surface area contributed by atoms with Crippen LogP contribution >= 0.6 is 0 Å². The highest BCUT2D eigenvalue weighted by atomic mass is 32.2. The minimum atomic E-state index is -2.94. The average molecular weight is 835 g/mol. The predicted octanol–water partition coefficient (Wildman–Crippen LogP) is 10.4. The molecule has 0 unspecified atom stereocenters. The molecule has 0 saturated heterocycles. The average Bonchev–Trinajstić information content (AvgIpc) is 4.01. The molecule has 3 aliphatic rings. The Kier molecular flexibility index (Phi) is 22.5. The number of nitrogens with zero attached hydrogens (tertiary/aromatic N) is 4. The van der Waals surface area contributed by atoms with Gasteiger partial charge in [-0.3, -0.25) is 25.0 Å². The standard InChI is InChI=1S/C16H15NO.C15H22N4O2.C7H16.C6H13NO2S.C2H4.CH4/c1-11(2)18-17-16-14-9-5-3-7-12(14)13-8-4-6-10-15(13)16;1-11(2)15(21)19(12-6-4-3-5-7-12)18-14(20)13-10-16-8-9-17-13;1-6(2)7(3,4)5;1-5(2)7-10(8,9)6-3-4-6;1-2;/h3-11H,1-2H3;8-12H,3-7H2,1-2H3,(H,18,20);6H,1-5H3;5-7H,3-4H2,1-2H3;1-2H2;1H4. The van der Waals surface area contributed by atoms with Crippen molar-refractivity contribution in [2.75, 3.05) is 0 Å². The molecule has 2 aromatic carbocycles. The summed E-state index contributed by atoms with van der Waals surface area (Å²) < 4.78 is 24.7. The van der Waals surface area contributed by atoms with Crippen molar-refractivity contribution >= 4 is 27.5 Å². The minimum absolute atomic E-state index is 0. The number of aromatic nitrogens is 2. The maximum Gasteiger partial charge on any atom is 0.290 e. The minimum Gasteiger partial charge on any atom is -0.393 e. The number of amides is 2. The number of nitrogens with one attached hydrogen (secondary N) is 2. The van der Waals surface area contributed by atoms with Gasteiger partial charge in [-0.1, -0.05) is 129 Å². The van der Waals surface area contributed by atoms with E-state index < -0.39 is 10.0 Å². The number of carbonyl (C=O) groups is 2. The number of sulfonamides is 1. The molecule has 2 N–H and O–H groups in total. The number of carbonyl (C=O) groups excluding carboxylic acids is 2. The SMILES string of the molecule is C.C=C.CC(C)C(=O)N(NC(=O)c1cnccn1)C1CCCCC1.CC(C)C(C)(C)C.CC(C)NS(=O)(=O)C1CC1.CC(C)ON=C1c2ccccc2-c2ccccc21. The van der Waals surface area contributed by atoms with Crippen LogP contribution in [0.25, 0.3) is 11.1 Å². The molecule has 2 saturated carbocycles. The van der Waals surface area contributed by atoms with Crippen LogP contribution < -0.4 is 10.1 Å². The molecular formula is C47H74N6O5S. The molecule has 2 fully saturated rings. The van der Waals surface area contributed by atoms with Crippen molar-refractivity contribution in [1.82, 2.24) is 25.1 Å². The van der Waals surface area contributed by atoms with Crippen molar-refractivity contribution in [3.63, 3.8) is 0 Å². The zero-order valence-electron chi connectivity index (χ0n) is 36.9. The van der Waals surface area contributed by atoms with E-state index in [1.54, 1.807) is 0 Å². The van der Waals surface area contributed by atoms with Crippen LogP contribution in [-0.2, 0) is 19.7 Å². The van der Waals surface area contributed by atoms with Gasteiger partial charge in [-0.2, -0.15) is 0 Å². The van der Waals surface area contributed by atoms with E-state index >= 15 is 0 Å². The molecule has 6 rings (SSSR count). The van der Waals surface area contributed by atoms with E-state index in [9.17, 15) is 18.0 Å². The van der Waals surface area contributed by atoms with Crippen LogP contribution in [0.4, 0.5) is 0 Å². The summed E-state index contributed by atoms with van der Waals surface area (Å²) in [5, 5.41) is 5.75. The molecule has 0 aliphatic heterocycles. The van der Waals surface area contributed by atoms with Crippen LogP contribution in [0.1, 0.15) is 150 Å². The first-order chi connectivity index (χ1) is 27.3. The molecule has 3 aromatic rings. The maximum absolute atomic E-state index is 12.4. The molecule has 1 heterocycles. The summed E-state index contributed by atoms with van der Waals surface area (Å²) in [6.45, 7) is 28.6. The van der Waals surface area contributed by atoms with Gasteiger partial charge in [-0.25, -0.2) is 18.1 Å². The molecule has 2 amide bonds. The highest BCUT2D eigenvalue weighted by molar-refractivity contribution is 7.90. The maximum atomic E-state index is 12.4.